The fraction of sp³-hybridized carbons (Fsp3) is 0.167. The van der Waals surface area contributed by atoms with Crippen molar-refractivity contribution in [3.8, 4) is 23.0 Å². The van der Waals surface area contributed by atoms with Gasteiger partial charge in [-0.3, -0.25) is 30.0 Å². The highest BCUT2D eigenvalue weighted by Crippen LogP contribution is 2.26. The van der Waals surface area contributed by atoms with E-state index in [1.807, 2.05) is 48.5 Å². The number of non-ortho nitro benzene ring substituents is 2. The molecule has 0 unspecified atom stereocenters. The lowest BCUT2D eigenvalue weighted by atomic mass is 10.1. The van der Waals surface area contributed by atoms with Crippen LogP contribution in [0.4, 0.5) is 11.4 Å². The van der Waals surface area contributed by atoms with Crippen LogP contribution in [-0.2, 0) is 26.2 Å². The van der Waals surface area contributed by atoms with Crippen LogP contribution in [0.1, 0.15) is 22.3 Å². The highest BCUT2D eigenvalue weighted by Gasteiger charge is 2.09. The van der Waals surface area contributed by atoms with E-state index in [4.69, 9.17) is 9.47 Å². The normalized spacial score (nSPS) is 11.0. The summed E-state index contributed by atoms with van der Waals surface area (Å²) in [6, 6.07) is 36.4. The average molecular weight is 619 g/mol. The van der Waals surface area contributed by atoms with Crippen molar-refractivity contribution in [1.29, 1.82) is 0 Å². The summed E-state index contributed by atoms with van der Waals surface area (Å²) in [6.07, 6.45) is 0. The molecular weight excluding hydrogens is 584 g/mol. The van der Waals surface area contributed by atoms with Gasteiger partial charge in [0, 0.05) is 50.4 Å². The third kappa shape index (κ3) is 9.21. The Morgan fingerprint density at radius 2 is 0.783 bits per heavy atom. The molecule has 0 saturated carbocycles. The van der Waals surface area contributed by atoms with Gasteiger partial charge in [0.25, 0.3) is 11.4 Å². The first kappa shape index (κ1) is 31.8. The lowest BCUT2D eigenvalue weighted by molar-refractivity contribution is -0.385. The number of nitro benzene ring substituents is 2. The predicted octanol–water partition coefficient (Wildman–Crippen LogP) is 8.35. The number of rotatable bonds is 14. The summed E-state index contributed by atoms with van der Waals surface area (Å²) in [5, 5.41) is 21.7. The van der Waals surface area contributed by atoms with Gasteiger partial charge in [-0.2, -0.15) is 0 Å². The van der Waals surface area contributed by atoms with Crippen LogP contribution < -0.4 is 9.47 Å². The van der Waals surface area contributed by atoms with Gasteiger partial charge in [0.1, 0.15) is 23.0 Å². The molecule has 0 bridgehead atoms. The second-order valence-electron chi connectivity index (χ2n) is 11.2. The zero-order valence-corrected chi connectivity index (χ0v) is 25.6. The molecule has 0 spiro atoms. The van der Waals surface area contributed by atoms with Crippen molar-refractivity contribution in [1.82, 2.24) is 9.80 Å². The molecule has 0 radical (unpaired) electrons. The number of nitrogens with zero attached hydrogens (tertiary/aromatic N) is 4. The maximum Gasteiger partial charge on any atom is 0.269 e. The smallest absolute Gasteiger partial charge is 0.269 e. The van der Waals surface area contributed by atoms with Crippen molar-refractivity contribution >= 4 is 11.4 Å². The van der Waals surface area contributed by atoms with Gasteiger partial charge in [-0.25, -0.2) is 0 Å². The van der Waals surface area contributed by atoms with E-state index in [2.05, 4.69) is 48.2 Å². The second-order valence-corrected chi connectivity index (χ2v) is 11.2. The molecule has 0 aromatic heterocycles. The summed E-state index contributed by atoms with van der Waals surface area (Å²) in [5.74, 6) is 2.43. The van der Waals surface area contributed by atoms with Gasteiger partial charge < -0.3 is 9.47 Å². The SMILES string of the molecule is CN(Cc1ccc(Oc2ccc([N+](=O)[O-])cc2)cc1)Cc1cccc(CN(C)Cc2ccc(Oc3ccc([N+](=O)[O-])cc3)cc2)c1. The second kappa shape index (κ2) is 14.9. The maximum absolute atomic E-state index is 10.8. The molecule has 0 fully saturated rings. The van der Waals surface area contributed by atoms with Crippen LogP contribution in [0, 0.1) is 20.2 Å². The van der Waals surface area contributed by atoms with Crippen molar-refractivity contribution in [3.05, 3.63) is 164 Å². The minimum Gasteiger partial charge on any atom is -0.457 e. The topological polar surface area (TPSA) is 111 Å². The minimum atomic E-state index is -0.433. The molecule has 0 aliphatic rings. The summed E-state index contributed by atoms with van der Waals surface area (Å²) in [5.41, 5.74) is 4.83. The van der Waals surface area contributed by atoms with Crippen LogP contribution >= 0.6 is 0 Å². The van der Waals surface area contributed by atoms with Crippen molar-refractivity contribution in [3.63, 3.8) is 0 Å². The first-order chi connectivity index (χ1) is 22.2. The number of benzene rings is 5. The molecule has 0 saturated heterocycles. The van der Waals surface area contributed by atoms with Crippen LogP contribution in [0.25, 0.3) is 0 Å². The Balaban J connectivity index is 1.08. The molecule has 0 aliphatic carbocycles. The zero-order valence-electron chi connectivity index (χ0n) is 25.6. The Hall–Kier alpha value is -5.58. The van der Waals surface area contributed by atoms with E-state index in [-0.39, 0.29) is 11.4 Å². The summed E-state index contributed by atoms with van der Waals surface area (Å²) in [4.78, 5) is 25.3. The van der Waals surface area contributed by atoms with Crippen LogP contribution in [0.15, 0.2) is 121 Å². The Morgan fingerprint density at radius 3 is 1.11 bits per heavy atom. The zero-order chi connectivity index (χ0) is 32.5. The maximum atomic E-state index is 10.8. The van der Waals surface area contributed by atoms with E-state index >= 15 is 0 Å². The molecule has 5 rings (SSSR count). The molecule has 0 amide bonds. The van der Waals surface area contributed by atoms with Crippen LogP contribution in [0.3, 0.4) is 0 Å². The van der Waals surface area contributed by atoms with Crippen molar-refractivity contribution in [2.45, 2.75) is 26.2 Å². The van der Waals surface area contributed by atoms with E-state index in [1.165, 1.54) is 35.4 Å². The number of hydrogen-bond donors (Lipinski definition) is 0. The quantitative estimate of drug-likeness (QED) is 0.0902. The van der Waals surface area contributed by atoms with Crippen molar-refractivity contribution in [2.75, 3.05) is 14.1 Å². The number of ether oxygens (including phenoxy) is 2. The highest BCUT2D eigenvalue weighted by atomic mass is 16.6. The molecule has 0 atom stereocenters. The molecule has 46 heavy (non-hydrogen) atoms. The molecule has 0 heterocycles. The van der Waals surface area contributed by atoms with E-state index in [0.29, 0.717) is 23.0 Å². The summed E-state index contributed by atoms with van der Waals surface area (Å²) in [6.45, 7) is 3.14. The van der Waals surface area contributed by atoms with Crippen LogP contribution in [-0.4, -0.2) is 33.7 Å². The van der Waals surface area contributed by atoms with Gasteiger partial charge in [-0.15, -0.1) is 0 Å². The Morgan fingerprint density at radius 1 is 0.478 bits per heavy atom. The monoisotopic (exact) mass is 618 g/mol. The van der Waals surface area contributed by atoms with E-state index in [1.54, 1.807) is 24.3 Å². The Kier molecular flexibility index (Phi) is 10.3. The predicted molar refractivity (Wildman–Crippen MR) is 176 cm³/mol. The van der Waals surface area contributed by atoms with Gasteiger partial charge in [-0.1, -0.05) is 48.5 Å². The van der Waals surface area contributed by atoms with E-state index in [9.17, 15) is 20.2 Å². The lowest BCUT2D eigenvalue weighted by Crippen LogP contribution is -2.19. The van der Waals surface area contributed by atoms with Crippen molar-refractivity contribution in [2.24, 2.45) is 0 Å². The van der Waals surface area contributed by atoms with Crippen LogP contribution in [0.2, 0.25) is 0 Å². The first-order valence-corrected chi connectivity index (χ1v) is 14.7. The molecular formula is C36H34N4O6. The third-order valence-corrected chi connectivity index (χ3v) is 7.21. The van der Waals surface area contributed by atoms with Gasteiger partial charge in [-0.05, 0) is 84.9 Å². The van der Waals surface area contributed by atoms with Gasteiger partial charge in [0.15, 0.2) is 0 Å². The average Bonchev–Trinajstić information content (AvgIpc) is 3.03. The van der Waals surface area contributed by atoms with Crippen LogP contribution in [0.5, 0.6) is 23.0 Å². The Bertz CT molecular complexity index is 1630. The highest BCUT2D eigenvalue weighted by molar-refractivity contribution is 5.40. The van der Waals surface area contributed by atoms with E-state index < -0.39 is 9.85 Å². The van der Waals surface area contributed by atoms with E-state index in [0.717, 1.165) is 37.3 Å². The molecule has 10 heteroatoms. The number of hydrogen-bond acceptors (Lipinski definition) is 8. The number of nitro groups is 2. The van der Waals surface area contributed by atoms with Gasteiger partial charge in [0.05, 0.1) is 9.85 Å². The minimum absolute atomic E-state index is 0.0288. The van der Waals surface area contributed by atoms with Gasteiger partial charge in [0.2, 0.25) is 0 Å². The summed E-state index contributed by atoms with van der Waals surface area (Å²) >= 11 is 0. The lowest BCUT2D eigenvalue weighted by Gasteiger charge is -2.20. The summed E-state index contributed by atoms with van der Waals surface area (Å²) in [7, 11) is 4.18. The standard InChI is InChI=1S/C36H34N4O6/c1-37(23-27-6-14-33(15-7-27)45-35-18-10-31(11-19-35)39(41)42)25-29-4-3-5-30(22-29)26-38(2)24-28-8-16-34(17-9-28)46-36-20-12-32(13-21-36)40(43)44/h3-22H,23-26H2,1-2H3. The fourth-order valence-electron chi connectivity index (χ4n) is 5.05. The fourth-order valence-corrected chi connectivity index (χ4v) is 5.05. The molecule has 5 aromatic rings. The summed E-state index contributed by atoms with van der Waals surface area (Å²) < 4.78 is 11.6. The largest absolute Gasteiger partial charge is 0.457 e. The molecule has 10 nitrogen and oxygen atoms in total. The molecule has 5 aromatic carbocycles. The third-order valence-electron chi connectivity index (χ3n) is 7.21. The molecule has 234 valence electrons. The molecule has 0 N–H and O–H groups in total. The van der Waals surface area contributed by atoms with Crippen molar-refractivity contribution < 1.29 is 19.3 Å². The van der Waals surface area contributed by atoms with Gasteiger partial charge >= 0.3 is 0 Å². The first-order valence-electron chi connectivity index (χ1n) is 14.7. The Labute approximate surface area is 267 Å². The molecule has 0 aliphatic heterocycles.